The Morgan fingerprint density at radius 1 is 1.10 bits per heavy atom. The molecule has 0 fully saturated rings. The van der Waals surface area contributed by atoms with Crippen LogP contribution in [0.2, 0.25) is 5.02 Å². The zero-order valence-electron chi connectivity index (χ0n) is 15.4. The van der Waals surface area contributed by atoms with Crippen LogP contribution in [0.15, 0.2) is 48.7 Å². The fourth-order valence-corrected chi connectivity index (χ4v) is 4.76. The van der Waals surface area contributed by atoms with Gasteiger partial charge in [-0.2, -0.15) is 18.3 Å². The first kappa shape index (κ1) is 18.4. The molecule has 0 bridgehead atoms. The van der Waals surface area contributed by atoms with Crippen molar-refractivity contribution in [1.29, 1.82) is 0 Å². The van der Waals surface area contributed by atoms with E-state index in [0.717, 1.165) is 59.8 Å². The highest BCUT2D eigenvalue weighted by molar-refractivity contribution is 6.30. The number of aromatic nitrogens is 2. The lowest BCUT2D eigenvalue weighted by Gasteiger charge is -2.35. The summed E-state index contributed by atoms with van der Waals surface area (Å²) in [6, 6.07) is 11.2. The number of rotatable bonds is 2. The summed E-state index contributed by atoms with van der Waals surface area (Å²) in [5.74, 6) is 0.915. The molecule has 0 saturated carbocycles. The molecule has 2 N–H and O–H groups in total. The predicted octanol–water partition coefficient (Wildman–Crippen LogP) is 5.20. The van der Waals surface area contributed by atoms with Gasteiger partial charge in [-0.15, -0.1) is 0 Å². The van der Waals surface area contributed by atoms with Gasteiger partial charge in [0.25, 0.3) is 0 Å². The van der Waals surface area contributed by atoms with Crippen LogP contribution in [-0.2, 0) is 18.1 Å². The van der Waals surface area contributed by atoms with Crippen molar-refractivity contribution in [3.05, 3.63) is 75.9 Å². The molecule has 5 rings (SSSR count). The van der Waals surface area contributed by atoms with Gasteiger partial charge in [-0.1, -0.05) is 23.7 Å². The van der Waals surface area contributed by atoms with Crippen LogP contribution in [0, 0.1) is 0 Å². The van der Waals surface area contributed by atoms with E-state index < -0.39 is 11.7 Å². The molecule has 29 heavy (non-hydrogen) atoms. The molecule has 4 nitrogen and oxygen atoms in total. The fourth-order valence-electron chi connectivity index (χ4n) is 4.59. The number of nitrogens with one attached hydrogen (secondary N) is 2. The Hall–Kier alpha value is -2.67. The van der Waals surface area contributed by atoms with E-state index in [-0.39, 0.29) is 5.41 Å². The minimum Gasteiger partial charge on any atom is -0.370 e. The molecule has 150 valence electrons. The number of H-pyrrole nitrogens is 1. The Bertz CT molecular complexity index is 1060. The summed E-state index contributed by atoms with van der Waals surface area (Å²) in [7, 11) is 0. The molecule has 3 heterocycles. The van der Waals surface area contributed by atoms with Gasteiger partial charge in [0.15, 0.2) is 0 Å². The Balaban J connectivity index is 1.52. The molecule has 1 spiro atoms. The number of fused-ring (bicyclic) bond motifs is 4. The average Bonchev–Trinajstić information content (AvgIpc) is 3.27. The van der Waals surface area contributed by atoms with E-state index in [2.05, 4.69) is 20.4 Å². The first-order valence-corrected chi connectivity index (χ1v) is 9.73. The van der Waals surface area contributed by atoms with Gasteiger partial charge in [0.05, 0.1) is 11.8 Å². The van der Waals surface area contributed by atoms with Crippen LogP contribution in [0.1, 0.15) is 28.7 Å². The summed E-state index contributed by atoms with van der Waals surface area (Å²) in [5.41, 5.74) is 3.25. The van der Waals surface area contributed by atoms with E-state index >= 15 is 0 Å². The molecule has 0 saturated heterocycles. The lowest BCUT2D eigenvalue weighted by atomic mass is 9.73. The van der Waals surface area contributed by atoms with E-state index in [0.29, 0.717) is 11.6 Å². The van der Waals surface area contributed by atoms with Gasteiger partial charge in [0, 0.05) is 41.3 Å². The molecule has 0 unspecified atom stereocenters. The van der Waals surface area contributed by atoms with Crippen molar-refractivity contribution in [2.45, 2.75) is 24.6 Å². The highest BCUT2D eigenvalue weighted by Crippen LogP contribution is 2.51. The molecule has 8 heteroatoms. The summed E-state index contributed by atoms with van der Waals surface area (Å²) < 4.78 is 38.6. The molecule has 2 aliphatic rings. The summed E-state index contributed by atoms with van der Waals surface area (Å²) in [5, 5.41) is 11.3. The normalized spacial score (nSPS) is 20.5. The first-order chi connectivity index (χ1) is 13.9. The number of hydrogen-bond donors (Lipinski definition) is 2. The minimum atomic E-state index is -4.33. The monoisotopic (exact) mass is 418 g/mol. The zero-order valence-corrected chi connectivity index (χ0v) is 16.1. The number of anilines is 2. The summed E-state index contributed by atoms with van der Waals surface area (Å²) >= 11 is 6.33. The Morgan fingerprint density at radius 2 is 1.90 bits per heavy atom. The second-order valence-corrected chi connectivity index (χ2v) is 8.07. The third kappa shape index (κ3) is 2.95. The van der Waals surface area contributed by atoms with Gasteiger partial charge in [0.2, 0.25) is 0 Å². The largest absolute Gasteiger partial charge is 0.416 e. The third-order valence-electron chi connectivity index (χ3n) is 5.94. The van der Waals surface area contributed by atoms with Gasteiger partial charge in [-0.25, -0.2) is 0 Å². The highest BCUT2D eigenvalue weighted by atomic mass is 35.5. The average molecular weight is 419 g/mol. The van der Waals surface area contributed by atoms with Gasteiger partial charge >= 0.3 is 6.18 Å². The minimum absolute atomic E-state index is 0.250. The number of nitrogens with zero attached hydrogens (tertiary/aromatic N) is 2. The number of halogens is 4. The van der Waals surface area contributed by atoms with Crippen LogP contribution in [-0.4, -0.2) is 23.3 Å². The number of aromatic amines is 1. The molecule has 2 aromatic carbocycles. The van der Waals surface area contributed by atoms with E-state index in [1.807, 2.05) is 24.4 Å². The van der Waals surface area contributed by atoms with Crippen molar-refractivity contribution in [3.8, 4) is 0 Å². The predicted molar refractivity (Wildman–Crippen MR) is 106 cm³/mol. The lowest BCUT2D eigenvalue weighted by Crippen LogP contribution is -2.39. The Labute approximate surface area is 170 Å². The van der Waals surface area contributed by atoms with Crippen molar-refractivity contribution >= 4 is 23.1 Å². The smallest absolute Gasteiger partial charge is 0.370 e. The molecule has 1 atom stereocenters. The second-order valence-electron chi connectivity index (χ2n) is 7.63. The fraction of sp³-hybridized carbons (Fsp3) is 0.286. The Kier molecular flexibility index (Phi) is 4.07. The maximum absolute atomic E-state index is 12.9. The van der Waals surface area contributed by atoms with E-state index in [9.17, 15) is 13.2 Å². The van der Waals surface area contributed by atoms with Crippen molar-refractivity contribution in [3.63, 3.8) is 0 Å². The summed E-state index contributed by atoms with van der Waals surface area (Å²) in [6.07, 6.45) is -1.59. The number of hydrogen-bond acceptors (Lipinski definition) is 3. The van der Waals surface area contributed by atoms with Crippen molar-refractivity contribution in [2.24, 2.45) is 0 Å². The van der Waals surface area contributed by atoms with E-state index in [4.69, 9.17) is 11.6 Å². The quantitative estimate of drug-likeness (QED) is 0.601. The number of alkyl halides is 3. The standard InChI is InChI=1S/C21H18ClF3N4/c22-15-5-6-18-16(9-15)20(7-8-26-19-17(20)10-27-28-19)12-29(18)11-13-1-3-14(4-2-13)21(23,24)25/h1-6,9-10H,7-8,11-12H2,(H2,26,27,28)/t20-/m1/s1. The van der Waals surface area contributed by atoms with Gasteiger partial charge in [0.1, 0.15) is 5.82 Å². The van der Waals surface area contributed by atoms with Crippen LogP contribution in [0.25, 0.3) is 0 Å². The third-order valence-corrected chi connectivity index (χ3v) is 6.17. The molecular weight excluding hydrogens is 401 g/mol. The molecule has 2 aliphatic heterocycles. The second kappa shape index (κ2) is 6.42. The maximum Gasteiger partial charge on any atom is 0.416 e. The van der Waals surface area contributed by atoms with Crippen LogP contribution in [0.3, 0.4) is 0 Å². The van der Waals surface area contributed by atoms with Crippen LogP contribution in [0.4, 0.5) is 24.7 Å². The first-order valence-electron chi connectivity index (χ1n) is 9.36. The lowest BCUT2D eigenvalue weighted by molar-refractivity contribution is -0.137. The summed E-state index contributed by atoms with van der Waals surface area (Å²) in [4.78, 5) is 2.22. The van der Waals surface area contributed by atoms with Gasteiger partial charge in [-0.3, -0.25) is 5.10 Å². The van der Waals surface area contributed by atoms with E-state index in [1.165, 1.54) is 0 Å². The van der Waals surface area contributed by atoms with Crippen LogP contribution >= 0.6 is 11.6 Å². The molecule has 3 aromatic rings. The molecular formula is C21H18ClF3N4. The summed E-state index contributed by atoms with van der Waals surface area (Å²) in [6.45, 7) is 2.04. The van der Waals surface area contributed by atoms with Gasteiger partial charge in [-0.05, 0) is 47.9 Å². The number of benzene rings is 2. The van der Waals surface area contributed by atoms with Crippen molar-refractivity contribution < 1.29 is 13.2 Å². The molecule has 0 radical (unpaired) electrons. The zero-order chi connectivity index (χ0) is 20.2. The van der Waals surface area contributed by atoms with Crippen molar-refractivity contribution in [1.82, 2.24) is 10.2 Å². The highest BCUT2D eigenvalue weighted by Gasteiger charge is 2.47. The molecule has 0 aliphatic carbocycles. The molecule has 1 aromatic heterocycles. The van der Waals surface area contributed by atoms with Crippen molar-refractivity contribution in [2.75, 3.05) is 23.3 Å². The maximum atomic E-state index is 12.9. The van der Waals surface area contributed by atoms with E-state index in [1.54, 1.807) is 12.1 Å². The molecule has 0 amide bonds. The van der Waals surface area contributed by atoms with Crippen LogP contribution < -0.4 is 10.2 Å². The van der Waals surface area contributed by atoms with Crippen LogP contribution in [0.5, 0.6) is 0 Å². The Morgan fingerprint density at radius 3 is 2.66 bits per heavy atom. The van der Waals surface area contributed by atoms with Gasteiger partial charge < -0.3 is 10.2 Å². The topological polar surface area (TPSA) is 44.0 Å². The SMILES string of the molecule is FC(F)(F)c1ccc(CN2C[C@]3(CCNc4[nH]ncc43)c3cc(Cl)ccc32)cc1.